The number of hydrogen-bond acceptors (Lipinski definition) is 4. The second-order valence-electron chi connectivity index (χ2n) is 15.0. The molecule has 5 heterocycles. The predicted molar refractivity (Wildman–Crippen MR) is 241 cm³/mol. The highest BCUT2D eigenvalue weighted by Gasteiger charge is 2.25. The number of aliphatic imine (C=N–C) groups is 1. The summed E-state index contributed by atoms with van der Waals surface area (Å²) in [5.41, 5.74) is 25.2. The number of nitrogens with one attached hydrogen (secondary N) is 6. The molecule has 0 saturated carbocycles. The summed E-state index contributed by atoms with van der Waals surface area (Å²) in [6.07, 6.45) is 5.29. The molecule has 7 aromatic rings. The maximum atomic E-state index is 13.0. The average molecular weight is 788 g/mol. The number of benzene rings is 4. The Morgan fingerprint density at radius 1 is 0.650 bits per heavy atom. The van der Waals surface area contributed by atoms with E-state index in [4.69, 9.17) is 21.9 Å². The number of amides is 1. The summed E-state index contributed by atoms with van der Waals surface area (Å²) in [5.74, 6) is -0.595. The molecule has 1 unspecified atom stereocenters. The lowest BCUT2D eigenvalue weighted by molar-refractivity contribution is -0.117. The van der Waals surface area contributed by atoms with Gasteiger partial charge in [0.25, 0.3) is 0 Å². The van der Waals surface area contributed by atoms with E-state index in [9.17, 15) is 4.79 Å². The quantitative estimate of drug-likeness (QED) is 0.0443. The van der Waals surface area contributed by atoms with Crippen molar-refractivity contribution < 1.29 is 4.79 Å². The summed E-state index contributed by atoms with van der Waals surface area (Å²) in [4.78, 5) is 29.9. The monoisotopic (exact) mass is 787 g/mol. The summed E-state index contributed by atoms with van der Waals surface area (Å²) in [6.45, 7) is 0.479. The first kappa shape index (κ1) is 37.9. The van der Waals surface area contributed by atoms with Gasteiger partial charge >= 0.3 is 0 Å². The van der Waals surface area contributed by atoms with Crippen molar-refractivity contribution in [2.24, 2.45) is 16.5 Å². The number of allylic oxidation sites excluding steroid dienone is 2. The zero-order valence-electron chi connectivity index (χ0n) is 32.9. The third-order valence-electron chi connectivity index (χ3n) is 11.0. The van der Waals surface area contributed by atoms with Crippen LogP contribution in [0.3, 0.4) is 0 Å². The zero-order chi connectivity index (χ0) is 41.0. The van der Waals surface area contributed by atoms with Crippen molar-refractivity contribution in [3.8, 4) is 0 Å². The number of fused-ring (bicyclic) bond motifs is 7. The third-order valence-corrected chi connectivity index (χ3v) is 11.0. The van der Waals surface area contributed by atoms with Crippen LogP contribution in [-0.4, -0.2) is 45.1 Å². The molecule has 10 heteroatoms. The SMILES string of the molecule is N=C(N)NCCC[C@H](N)C(=O)Nc1ccc(C2c3ccc([nH]3)C(c3ccccc3)=C3C=CC(=N3)C(c3ccccc3)=c3ccc([nH]3)=C(c3ccccc3)c3ccc2[nH]3)cc1. The highest BCUT2D eigenvalue weighted by Crippen LogP contribution is 2.37. The van der Waals surface area contributed by atoms with Crippen LogP contribution in [0, 0.1) is 5.41 Å². The Balaban J connectivity index is 1.20. The number of aromatic amines is 3. The van der Waals surface area contributed by atoms with Gasteiger partial charge in [-0.2, -0.15) is 0 Å². The molecule has 4 aromatic carbocycles. The molecular formula is C50H45N9O. The van der Waals surface area contributed by atoms with Crippen molar-refractivity contribution in [1.29, 1.82) is 5.41 Å². The van der Waals surface area contributed by atoms with Gasteiger partial charge in [0.2, 0.25) is 5.91 Å². The minimum Gasteiger partial charge on any atom is -0.370 e. The second kappa shape index (κ2) is 16.7. The van der Waals surface area contributed by atoms with Crippen LogP contribution in [-0.2, 0) is 4.79 Å². The topological polar surface area (TPSA) is 177 Å². The van der Waals surface area contributed by atoms with Gasteiger partial charge in [0.15, 0.2) is 5.96 Å². The van der Waals surface area contributed by atoms with Gasteiger partial charge < -0.3 is 37.1 Å². The summed E-state index contributed by atoms with van der Waals surface area (Å²) in [5, 5.41) is 15.0. The highest BCUT2D eigenvalue weighted by molar-refractivity contribution is 6.30. The fourth-order valence-electron chi connectivity index (χ4n) is 8.13. The van der Waals surface area contributed by atoms with Gasteiger partial charge in [-0.15, -0.1) is 0 Å². The summed E-state index contributed by atoms with van der Waals surface area (Å²) in [7, 11) is 0. The zero-order valence-corrected chi connectivity index (χ0v) is 32.9. The van der Waals surface area contributed by atoms with Crippen molar-refractivity contribution >= 4 is 40.0 Å². The van der Waals surface area contributed by atoms with Crippen LogP contribution in [0.1, 0.15) is 63.8 Å². The van der Waals surface area contributed by atoms with Crippen LogP contribution < -0.4 is 32.8 Å². The number of anilines is 1. The smallest absolute Gasteiger partial charge is 0.241 e. The molecule has 10 N–H and O–H groups in total. The molecule has 296 valence electrons. The summed E-state index contributed by atoms with van der Waals surface area (Å²) >= 11 is 0. The number of aromatic nitrogens is 3. The fraction of sp³-hybridized carbons (Fsp3) is 0.100. The number of nitrogens with zero attached hydrogens (tertiary/aromatic N) is 1. The molecule has 0 radical (unpaired) electrons. The number of nitrogens with two attached hydrogens (primary N) is 2. The van der Waals surface area contributed by atoms with E-state index in [1.807, 2.05) is 30.3 Å². The third kappa shape index (κ3) is 7.79. The Kier molecular flexibility index (Phi) is 10.5. The molecule has 0 spiro atoms. The Hall–Kier alpha value is -7.69. The minimum atomic E-state index is -0.696. The highest BCUT2D eigenvalue weighted by atomic mass is 16.2. The standard InChI is InChI=1S/C50H45N9O/c51-36(17-10-30-54-50(52)53)49(60)55-35-20-18-34(19-21-35)48-43-28-26-41(58-43)46(32-13-6-2-7-14-32)39-24-22-37(56-39)45(31-11-4-1-5-12-31)38-23-25-40(57-38)47(33-15-8-3-9-16-33)42-27-29-44(48)59-42/h1-9,11-16,18-29,36,48,56,58-59H,10,17,30,51H2,(H,55,60)(H4,52,53,54)/t36-,48?/m0/s1. The molecule has 2 atom stereocenters. The van der Waals surface area contributed by atoms with Crippen LogP contribution in [0.25, 0.3) is 16.7 Å². The van der Waals surface area contributed by atoms with E-state index in [1.54, 1.807) is 0 Å². The molecule has 0 fully saturated rings. The number of carbonyl (C=O) groups is 1. The molecule has 60 heavy (non-hydrogen) atoms. The maximum absolute atomic E-state index is 13.0. The first-order valence-electron chi connectivity index (χ1n) is 20.1. The molecule has 9 rings (SSSR count). The molecule has 10 nitrogen and oxygen atoms in total. The van der Waals surface area contributed by atoms with Crippen LogP contribution in [0.2, 0.25) is 0 Å². The van der Waals surface area contributed by atoms with Crippen molar-refractivity contribution in [2.75, 3.05) is 11.9 Å². The summed E-state index contributed by atoms with van der Waals surface area (Å²) < 4.78 is 0. The van der Waals surface area contributed by atoms with Crippen LogP contribution in [0.5, 0.6) is 0 Å². The molecule has 0 aliphatic carbocycles. The van der Waals surface area contributed by atoms with Crippen LogP contribution >= 0.6 is 0 Å². The lowest BCUT2D eigenvalue weighted by Crippen LogP contribution is -2.37. The molecule has 1 amide bonds. The number of H-pyrrole nitrogens is 3. The van der Waals surface area contributed by atoms with E-state index in [2.05, 4.69) is 159 Å². The van der Waals surface area contributed by atoms with Crippen molar-refractivity contribution in [1.82, 2.24) is 20.3 Å². The van der Waals surface area contributed by atoms with Gasteiger partial charge in [-0.1, -0.05) is 103 Å². The first-order valence-corrected chi connectivity index (χ1v) is 20.1. The fourth-order valence-corrected chi connectivity index (χ4v) is 8.13. The van der Waals surface area contributed by atoms with Crippen molar-refractivity contribution in [3.05, 3.63) is 225 Å². The first-order chi connectivity index (χ1) is 29.4. The van der Waals surface area contributed by atoms with E-state index in [-0.39, 0.29) is 17.8 Å². The van der Waals surface area contributed by atoms with Gasteiger partial charge in [-0.05, 0) is 95.8 Å². The van der Waals surface area contributed by atoms with Gasteiger partial charge in [0, 0.05) is 62.4 Å². The Morgan fingerprint density at radius 3 is 1.80 bits per heavy atom. The Bertz CT molecular complexity index is 2900. The van der Waals surface area contributed by atoms with Gasteiger partial charge in [-0.25, -0.2) is 4.99 Å². The molecule has 0 saturated heterocycles. The lowest BCUT2D eigenvalue weighted by atomic mass is 9.92. The number of rotatable bonds is 10. The molecule has 2 aliphatic rings. The van der Waals surface area contributed by atoms with E-state index in [0.29, 0.717) is 25.1 Å². The normalized spacial score (nSPS) is 15.2. The van der Waals surface area contributed by atoms with Gasteiger partial charge in [0.05, 0.1) is 23.4 Å². The summed E-state index contributed by atoms with van der Waals surface area (Å²) in [6, 6.07) is 51.4. The van der Waals surface area contributed by atoms with Crippen molar-refractivity contribution in [3.63, 3.8) is 0 Å². The second-order valence-corrected chi connectivity index (χ2v) is 15.0. The van der Waals surface area contributed by atoms with Gasteiger partial charge in [-0.3, -0.25) is 10.2 Å². The Morgan fingerprint density at radius 2 is 1.20 bits per heavy atom. The number of guanidine groups is 1. The Labute approximate surface area is 347 Å². The molecule has 3 aromatic heterocycles. The van der Waals surface area contributed by atoms with E-state index < -0.39 is 6.04 Å². The van der Waals surface area contributed by atoms with E-state index in [1.165, 1.54) is 0 Å². The average Bonchev–Trinajstić information content (AvgIpc) is 4.12. The largest absolute Gasteiger partial charge is 0.370 e. The van der Waals surface area contributed by atoms with Crippen LogP contribution in [0.15, 0.2) is 175 Å². The lowest BCUT2D eigenvalue weighted by Gasteiger charge is -2.18. The minimum absolute atomic E-state index is 0.102. The van der Waals surface area contributed by atoms with Crippen molar-refractivity contribution in [2.45, 2.75) is 24.8 Å². The van der Waals surface area contributed by atoms with Gasteiger partial charge in [0.1, 0.15) is 0 Å². The molecular weight excluding hydrogens is 743 g/mol. The van der Waals surface area contributed by atoms with E-state index >= 15 is 0 Å². The number of carbonyl (C=O) groups excluding carboxylic acids is 1. The van der Waals surface area contributed by atoms with E-state index in [0.717, 1.165) is 83.9 Å². The van der Waals surface area contributed by atoms with Crippen LogP contribution in [0.4, 0.5) is 5.69 Å². The number of hydrogen-bond donors (Lipinski definition) is 8. The maximum Gasteiger partial charge on any atom is 0.241 e. The molecule has 2 aliphatic heterocycles. The molecule has 8 bridgehead atoms. The predicted octanol–water partition coefficient (Wildman–Crippen LogP) is 6.61.